The molecule has 1 N–H and O–H groups in total. The highest BCUT2D eigenvalue weighted by Gasteiger charge is 2.38. The number of piperazine rings is 1. The minimum Gasteiger partial charge on any atom is -0.465 e. The van der Waals surface area contributed by atoms with E-state index in [9.17, 15) is 15.2 Å². The summed E-state index contributed by atoms with van der Waals surface area (Å²) in [5.74, 6) is 0.795. The number of hydrogen-bond acceptors (Lipinski definition) is 6. The van der Waals surface area contributed by atoms with Crippen LogP contribution < -0.4 is 4.90 Å². The third-order valence-electron chi connectivity index (χ3n) is 6.75. The molecule has 184 valence electrons. The number of aromatic nitrogens is 5. The lowest BCUT2D eigenvalue weighted by molar-refractivity contribution is 0.0747. The predicted molar refractivity (Wildman–Crippen MR) is 136 cm³/mol. The smallest absolute Gasteiger partial charge is 0.407 e. The van der Waals surface area contributed by atoms with Crippen LogP contribution in [0.5, 0.6) is 0 Å². The Morgan fingerprint density at radius 2 is 1.97 bits per heavy atom. The lowest BCUT2D eigenvalue weighted by Gasteiger charge is -2.46. The summed E-state index contributed by atoms with van der Waals surface area (Å²) in [7, 11) is 1.87. The molecule has 36 heavy (non-hydrogen) atoms. The van der Waals surface area contributed by atoms with Crippen molar-refractivity contribution in [3.8, 4) is 28.5 Å². The Balaban J connectivity index is 1.51. The van der Waals surface area contributed by atoms with Gasteiger partial charge >= 0.3 is 6.09 Å². The van der Waals surface area contributed by atoms with Gasteiger partial charge in [0.25, 0.3) is 0 Å². The molecular weight excluding hydrogens is 456 g/mol. The van der Waals surface area contributed by atoms with Crippen LogP contribution in [0.1, 0.15) is 26.3 Å². The highest BCUT2D eigenvalue weighted by Crippen LogP contribution is 2.33. The Kier molecular flexibility index (Phi) is 5.63. The van der Waals surface area contributed by atoms with Gasteiger partial charge in [-0.05, 0) is 29.7 Å². The molecule has 4 aromatic heterocycles. The SMILES string of the molecule is Cn1ccc(-c2cc(-c3ccc(N4CCN(C(=O)O)C(C(C)(C)C)C4)nc3)c3c(C#N)cnn3c2)n1. The molecule has 1 fully saturated rings. The number of amides is 1. The number of carbonyl (C=O) groups is 1. The lowest BCUT2D eigenvalue weighted by atomic mass is 9.84. The summed E-state index contributed by atoms with van der Waals surface area (Å²) in [5, 5.41) is 28.2. The van der Waals surface area contributed by atoms with Crippen LogP contribution in [-0.2, 0) is 7.05 Å². The van der Waals surface area contributed by atoms with E-state index in [1.54, 1.807) is 21.6 Å². The molecule has 0 bridgehead atoms. The van der Waals surface area contributed by atoms with E-state index >= 15 is 0 Å². The topological polar surface area (TPSA) is 116 Å². The molecule has 1 amide bonds. The van der Waals surface area contributed by atoms with Crippen LogP contribution in [0.3, 0.4) is 0 Å². The monoisotopic (exact) mass is 484 g/mol. The molecule has 1 atom stereocenters. The molecule has 1 aliphatic rings. The van der Waals surface area contributed by atoms with Crippen LogP contribution in [0.4, 0.5) is 10.6 Å². The van der Waals surface area contributed by atoms with Crippen LogP contribution in [-0.4, -0.2) is 66.2 Å². The molecular formula is C26H28N8O2. The molecule has 1 saturated heterocycles. The van der Waals surface area contributed by atoms with Gasteiger partial charge in [-0.2, -0.15) is 15.5 Å². The number of rotatable bonds is 3. The second-order valence-electron chi connectivity index (χ2n) is 10.2. The number of carboxylic acid groups (broad SMARTS) is 1. The number of anilines is 1. The Bertz CT molecular complexity index is 1470. The van der Waals surface area contributed by atoms with Crippen molar-refractivity contribution < 1.29 is 9.90 Å². The summed E-state index contributed by atoms with van der Waals surface area (Å²) in [6.45, 7) is 7.76. The summed E-state index contributed by atoms with van der Waals surface area (Å²) in [6.07, 6.45) is 6.24. The second kappa shape index (κ2) is 8.68. The summed E-state index contributed by atoms with van der Waals surface area (Å²) in [4.78, 5) is 20.2. The van der Waals surface area contributed by atoms with Crippen molar-refractivity contribution in [3.05, 3.63) is 54.6 Å². The van der Waals surface area contributed by atoms with E-state index in [4.69, 9.17) is 4.98 Å². The fourth-order valence-electron chi connectivity index (χ4n) is 4.83. The van der Waals surface area contributed by atoms with Gasteiger partial charge in [0.2, 0.25) is 0 Å². The average Bonchev–Trinajstić information content (AvgIpc) is 3.48. The number of aryl methyl sites for hydroxylation is 1. The zero-order valence-corrected chi connectivity index (χ0v) is 20.8. The van der Waals surface area contributed by atoms with Crippen molar-refractivity contribution in [1.29, 1.82) is 5.26 Å². The molecule has 10 nitrogen and oxygen atoms in total. The van der Waals surface area contributed by atoms with Crippen molar-refractivity contribution in [3.63, 3.8) is 0 Å². The number of pyridine rings is 2. The molecule has 5 heterocycles. The van der Waals surface area contributed by atoms with E-state index < -0.39 is 6.09 Å². The minimum absolute atomic E-state index is 0.148. The molecule has 1 aliphatic heterocycles. The first-order chi connectivity index (χ1) is 17.2. The maximum Gasteiger partial charge on any atom is 0.407 e. The molecule has 5 rings (SSSR count). The van der Waals surface area contributed by atoms with Gasteiger partial charge in [0.05, 0.1) is 29.0 Å². The Morgan fingerprint density at radius 1 is 1.17 bits per heavy atom. The Labute approximate surface area is 209 Å². The van der Waals surface area contributed by atoms with Gasteiger partial charge in [0, 0.05) is 62.0 Å². The minimum atomic E-state index is -0.885. The highest BCUT2D eigenvalue weighted by atomic mass is 16.4. The molecule has 10 heteroatoms. The Morgan fingerprint density at radius 3 is 2.58 bits per heavy atom. The van der Waals surface area contributed by atoms with Crippen molar-refractivity contribution in [1.82, 2.24) is 29.3 Å². The average molecular weight is 485 g/mol. The quantitative estimate of drug-likeness (QED) is 0.469. The first-order valence-corrected chi connectivity index (χ1v) is 11.8. The second-order valence-corrected chi connectivity index (χ2v) is 10.2. The fourth-order valence-corrected chi connectivity index (χ4v) is 4.83. The van der Waals surface area contributed by atoms with Gasteiger partial charge in [0.1, 0.15) is 11.9 Å². The van der Waals surface area contributed by atoms with Crippen LogP contribution in [0.25, 0.3) is 27.9 Å². The molecule has 0 aliphatic carbocycles. The molecule has 1 unspecified atom stereocenters. The summed E-state index contributed by atoms with van der Waals surface area (Å²) in [6, 6.07) is 9.98. The van der Waals surface area contributed by atoms with Gasteiger partial charge in [-0.15, -0.1) is 0 Å². The zero-order chi connectivity index (χ0) is 25.6. The van der Waals surface area contributed by atoms with E-state index in [2.05, 4.69) is 41.9 Å². The fraction of sp³-hybridized carbons (Fsp3) is 0.346. The standard InChI is InChI=1S/C26H28N8O2/c1-26(2,3)22-16-32(9-10-33(22)25(35)36)23-6-5-17(13-28-23)20-11-18(21-7-8-31(4)30-21)15-34-24(20)19(12-27)14-29-34/h5-8,11,13-15,22H,9-10,16H2,1-4H3,(H,35,36). The first kappa shape index (κ1) is 23.4. The van der Waals surface area contributed by atoms with E-state index in [0.717, 1.165) is 33.7 Å². The van der Waals surface area contributed by atoms with Crippen molar-refractivity contribution in [2.45, 2.75) is 26.8 Å². The molecule has 0 aromatic carbocycles. The van der Waals surface area contributed by atoms with Crippen LogP contribution in [0.15, 0.2) is 49.1 Å². The third kappa shape index (κ3) is 4.13. The van der Waals surface area contributed by atoms with Gasteiger partial charge in [-0.25, -0.2) is 14.3 Å². The first-order valence-electron chi connectivity index (χ1n) is 11.8. The molecule has 4 aromatic rings. The molecule has 0 spiro atoms. The summed E-state index contributed by atoms with van der Waals surface area (Å²) >= 11 is 0. The number of nitriles is 1. The van der Waals surface area contributed by atoms with Gasteiger partial charge in [-0.1, -0.05) is 20.8 Å². The van der Waals surface area contributed by atoms with Crippen LogP contribution in [0, 0.1) is 16.7 Å². The van der Waals surface area contributed by atoms with E-state index in [0.29, 0.717) is 25.2 Å². The van der Waals surface area contributed by atoms with Crippen molar-refractivity contribution in [2.24, 2.45) is 12.5 Å². The maximum atomic E-state index is 11.8. The Hall–Kier alpha value is -4.39. The number of fused-ring (bicyclic) bond motifs is 1. The summed E-state index contributed by atoms with van der Waals surface area (Å²) < 4.78 is 3.46. The van der Waals surface area contributed by atoms with Gasteiger partial charge in [-0.3, -0.25) is 4.68 Å². The van der Waals surface area contributed by atoms with E-state index in [1.165, 1.54) is 4.90 Å². The van der Waals surface area contributed by atoms with E-state index in [1.807, 2.05) is 43.7 Å². The van der Waals surface area contributed by atoms with Crippen LogP contribution >= 0.6 is 0 Å². The van der Waals surface area contributed by atoms with Gasteiger partial charge < -0.3 is 14.9 Å². The maximum absolute atomic E-state index is 11.8. The molecule has 0 saturated carbocycles. The largest absolute Gasteiger partial charge is 0.465 e. The normalized spacial score (nSPS) is 16.4. The highest BCUT2D eigenvalue weighted by molar-refractivity contribution is 5.87. The van der Waals surface area contributed by atoms with Crippen molar-refractivity contribution in [2.75, 3.05) is 24.5 Å². The van der Waals surface area contributed by atoms with Gasteiger partial charge in [0.15, 0.2) is 0 Å². The third-order valence-corrected chi connectivity index (χ3v) is 6.75. The molecule has 0 radical (unpaired) electrons. The summed E-state index contributed by atoms with van der Waals surface area (Å²) in [5.41, 5.74) is 4.39. The zero-order valence-electron chi connectivity index (χ0n) is 20.8. The van der Waals surface area contributed by atoms with E-state index in [-0.39, 0.29) is 11.5 Å². The lowest BCUT2D eigenvalue weighted by Crippen LogP contribution is -2.59. The predicted octanol–water partition coefficient (Wildman–Crippen LogP) is 3.88. The number of hydrogen-bond donors (Lipinski definition) is 1. The number of nitrogens with zero attached hydrogens (tertiary/aromatic N) is 8. The van der Waals surface area contributed by atoms with Crippen molar-refractivity contribution >= 4 is 17.4 Å². The van der Waals surface area contributed by atoms with Crippen LogP contribution in [0.2, 0.25) is 0 Å².